The molecule has 1 aliphatic carbocycles. The van der Waals surface area contributed by atoms with Crippen LogP contribution in [0.3, 0.4) is 0 Å². The number of carbonyl (C=O) groups is 1. The molecule has 116 valence electrons. The van der Waals surface area contributed by atoms with Gasteiger partial charge < -0.3 is 15.4 Å². The van der Waals surface area contributed by atoms with Gasteiger partial charge in [-0.2, -0.15) is 0 Å². The van der Waals surface area contributed by atoms with Gasteiger partial charge in [0.25, 0.3) is 5.91 Å². The average molecular weight is 311 g/mol. The molecule has 0 radical (unpaired) electrons. The summed E-state index contributed by atoms with van der Waals surface area (Å²) in [6, 6.07) is 7.65. The van der Waals surface area contributed by atoms with Crippen molar-refractivity contribution in [2.24, 2.45) is 5.73 Å². The molecule has 1 aromatic carbocycles. The van der Waals surface area contributed by atoms with Crippen molar-refractivity contribution in [2.75, 3.05) is 7.05 Å². The summed E-state index contributed by atoms with van der Waals surface area (Å²) < 4.78 is 5.69. The first kappa shape index (κ1) is 16.1. The Balaban J connectivity index is 1.92. The lowest BCUT2D eigenvalue weighted by Gasteiger charge is -2.34. The van der Waals surface area contributed by atoms with E-state index in [2.05, 4.69) is 0 Å². The third kappa shape index (κ3) is 4.35. The summed E-state index contributed by atoms with van der Waals surface area (Å²) in [5, 5.41) is 0.599. The average Bonchev–Trinajstić information content (AvgIpc) is 2.46. The zero-order valence-electron chi connectivity index (χ0n) is 12.6. The molecule has 1 aromatic rings. The standard InChI is InChI=1S/C16H23ClN2O2/c1-11(21-15-5-3-4-12(17)10-15)16(20)19(2)14-8-6-13(18)7-9-14/h3-5,10-11,13-14H,6-9,18H2,1-2H3. The Morgan fingerprint density at radius 3 is 2.67 bits per heavy atom. The van der Waals surface area contributed by atoms with Crippen molar-refractivity contribution in [1.29, 1.82) is 0 Å². The molecule has 1 atom stereocenters. The Morgan fingerprint density at radius 1 is 1.38 bits per heavy atom. The summed E-state index contributed by atoms with van der Waals surface area (Å²) in [5.74, 6) is 0.609. The topological polar surface area (TPSA) is 55.6 Å². The highest BCUT2D eigenvalue weighted by Gasteiger charge is 2.28. The monoisotopic (exact) mass is 310 g/mol. The quantitative estimate of drug-likeness (QED) is 0.930. The van der Waals surface area contributed by atoms with E-state index in [1.165, 1.54) is 0 Å². The molecule has 0 saturated heterocycles. The van der Waals surface area contributed by atoms with Gasteiger partial charge in [0, 0.05) is 24.2 Å². The summed E-state index contributed by atoms with van der Waals surface area (Å²) in [6.07, 6.45) is 3.36. The second kappa shape index (κ2) is 7.14. The zero-order chi connectivity index (χ0) is 15.4. The molecule has 1 fully saturated rings. The Morgan fingerprint density at radius 2 is 2.05 bits per heavy atom. The van der Waals surface area contributed by atoms with Crippen molar-refractivity contribution in [3.05, 3.63) is 29.3 Å². The van der Waals surface area contributed by atoms with Crippen LogP contribution in [-0.2, 0) is 4.79 Å². The highest BCUT2D eigenvalue weighted by Crippen LogP contribution is 2.23. The van der Waals surface area contributed by atoms with Crippen molar-refractivity contribution in [1.82, 2.24) is 4.90 Å². The number of amides is 1. The second-order valence-electron chi connectivity index (χ2n) is 5.74. The Kier molecular flexibility index (Phi) is 5.48. The molecule has 0 spiro atoms. The van der Waals surface area contributed by atoms with Gasteiger partial charge in [-0.15, -0.1) is 0 Å². The van der Waals surface area contributed by atoms with Crippen molar-refractivity contribution in [2.45, 2.75) is 50.8 Å². The third-order valence-corrected chi connectivity index (χ3v) is 4.33. The van der Waals surface area contributed by atoms with E-state index in [0.717, 1.165) is 25.7 Å². The van der Waals surface area contributed by atoms with E-state index in [1.54, 1.807) is 36.1 Å². The van der Waals surface area contributed by atoms with Gasteiger partial charge in [-0.3, -0.25) is 4.79 Å². The van der Waals surface area contributed by atoms with Crippen molar-refractivity contribution in [3.63, 3.8) is 0 Å². The maximum absolute atomic E-state index is 12.4. The van der Waals surface area contributed by atoms with Crippen molar-refractivity contribution >= 4 is 17.5 Å². The molecule has 0 bridgehead atoms. The highest BCUT2D eigenvalue weighted by atomic mass is 35.5. The minimum Gasteiger partial charge on any atom is -0.481 e. The van der Waals surface area contributed by atoms with Gasteiger partial charge in [0.15, 0.2) is 6.10 Å². The molecule has 0 heterocycles. The normalized spacial score (nSPS) is 23.4. The van der Waals surface area contributed by atoms with Crippen LogP contribution >= 0.6 is 11.6 Å². The molecular formula is C16H23ClN2O2. The minimum atomic E-state index is -0.524. The van der Waals surface area contributed by atoms with Gasteiger partial charge in [0.1, 0.15) is 5.75 Å². The molecular weight excluding hydrogens is 288 g/mol. The Labute approximate surface area is 131 Å². The van der Waals surface area contributed by atoms with Crippen LogP contribution in [0, 0.1) is 0 Å². The van der Waals surface area contributed by atoms with E-state index in [9.17, 15) is 4.79 Å². The molecule has 2 rings (SSSR count). The van der Waals surface area contributed by atoms with Gasteiger partial charge in [-0.1, -0.05) is 17.7 Å². The van der Waals surface area contributed by atoms with E-state index < -0.39 is 6.10 Å². The molecule has 2 N–H and O–H groups in total. The Hall–Kier alpha value is -1.26. The predicted molar refractivity (Wildman–Crippen MR) is 84.5 cm³/mol. The molecule has 5 heteroatoms. The van der Waals surface area contributed by atoms with Crippen LogP contribution in [0.25, 0.3) is 0 Å². The predicted octanol–water partition coefficient (Wildman–Crippen LogP) is 2.84. The van der Waals surface area contributed by atoms with E-state index >= 15 is 0 Å². The summed E-state index contributed by atoms with van der Waals surface area (Å²) >= 11 is 5.92. The van der Waals surface area contributed by atoms with E-state index in [4.69, 9.17) is 22.1 Å². The van der Waals surface area contributed by atoms with Gasteiger partial charge >= 0.3 is 0 Å². The number of rotatable bonds is 4. The number of likely N-dealkylation sites (N-methyl/N-ethyl adjacent to an activating group) is 1. The first-order valence-electron chi connectivity index (χ1n) is 7.42. The fourth-order valence-electron chi connectivity index (χ4n) is 2.75. The molecule has 1 unspecified atom stereocenters. The van der Waals surface area contributed by atoms with E-state index in [0.29, 0.717) is 10.8 Å². The number of hydrogen-bond acceptors (Lipinski definition) is 3. The third-order valence-electron chi connectivity index (χ3n) is 4.09. The molecule has 1 saturated carbocycles. The molecule has 1 amide bonds. The summed E-state index contributed by atoms with van der Waals surface area (Å²) in [4.78, 5) is 14.3. The second-order valence-corrected chi connectivity index (χ2v) is 6.17. The minimum absolute atomic E-state index is 0.00422. The van der Waals surface area contributed by atoms with Crippen molar-refractivity contribution < 1.29 is 9.53 Å². The van der Waals surface area contributed by atoms with Crippen LogP contribution in [-0.4, -0.2) is 36.0 Å². The number of carbonyl (C=O) groups excluding carboxylic acids is 1. The number of hydrogen-bond donors (Lipinski definition) is 1. The maximum Gasteiger partial charge on any atom is 0.263 e. The van der Waals surface area contributed by atoms with Gasteiger partial charge in [-0.05, 0) is 50.8 Å². The van der Waals surface area contributed by atoms with Crippen LogP contribution in [0.15, 0.2) is 24.3 Å². The first-order chi connectivity index (χ1) is 9.97. The van der Waals surface area contributed by atoms with Crippen LogP contribution in [0.5, 0.6) is 5.75 Å². The lowest BCUT2D eigenvalue weighted by molar-refractivity contribution is -0.139. The molecule has 21 heavy (non-hydrogen) atoms. The number of benzene rings is 1. The van der Waals surface area contributed by atoms with Gasteiger partial charge in [0.05, 0.1) is 0 Å². The van der Waals surface area contributed by atoms with Crippen LogP contribution < -0.4 is 10.5 Å². The van der Waals surface area contributed by atoms with E-state index in [-0.39, 0.29) is 18.0 Å². The smallest absolute Gasteiger partial charge is 0.263 e. The lowest BCUT2D eigenvalue weighted by atomic mass is 9.91. The number of halogens is 1. The fraction of sp³-hybridized carbons (Fsp3) is 0.562. The lowest BCUT2D eigenvalue weighted by Crippen LogP contribution is -2.46. The van der Waals surface area contributed by atoms with Crippen LogP contribution in [0.4, 0.5) is 0 Å². The summed E-state index contributed by atoms with van der Waals surface area (Å²) in [7, 11) is 1.85. The fourth-order valence-corrected chi connectivity index (χ4v) is 2.93. The molecule has 0 aliphatic heterocycles. The SMILES string of the molecule is CC(Oc1cccc(Cl)c1)C(=O)N(C)C1CCC(N)CC1. The Bertz CT molecular complexity index is 487. The number of nitrogens with zero attached hydrogens (tertiary/aromatic N) is 1. The van der Waals surface area contributed by atoms with Crippen LogP contribution in [0.2, 0.25) is 5.02 Å². The van der Waals surface area contributed by atoms with Crippen molar-refractivity contribution in [3.8, 4) is 5.75 Å². The first-order valence-corrected chi connectivity index (χ1v) is 7.79. The largest absolute Gasteiger partial charge is 0.481 e. The molecule has 4 nitrogen and oxygen atoms in total. The van der Waals surface area contributed by atoms with Gasteiger partial charge in [0.2, 0.25) is 0 Å². The van der Waals surface area contributed by atoms with E-state index in [1.807, 2.05) is 7.05 Å². The molecule has 1 aliphatic rings. The maximum atomic E-state index is 12.4. The highest BCUT2D eigenvalue weighted by molar-refractivity contribution is 6.30. The number of ether oxygens (including phenoxy) is 1. The summed E-state index contributed by atoms with van der Waals surface area (Å²) in [5.41, 5.74) is 5.91. The van der Waals surface area contributed by atoms with Crippen LogP contribution in [0.1, 0.15) is 32.6 Å². The molecule has 0 aromatic heterocycles. The summed E-state index contributed by atoms with van der Waals surface area (Å²) in [6.45, 7) is 1.77. The van der Waals surface area contributed by atoms with Gasteiger partial charge in [-0.25, -0.2) is 0 Å². The number of nitrogens with two attached hydrogens (primary N) is 1. The zero-order valence-corrected chi connectivity index (χ0v) is 13.3.